The fourth-order valence-corrected chi connectivity index (χ4v) is 6.69. The number of methoxy groups -OCH3 is 1. The van der Waals surface area contributed by atoms with Gasteiger partial charge in [-0.15, -0.1) is 0 Å². The molecule has 0 saturated carbocycles. The van der Waals surface area contributed by atoms with Gasteiger partial charge in [-0.3, -0.25) is 4.79 Å². The van der Waals surface area contributed by atoms with Crippen LogP contribution in [0.2, 0.25) is 0 Å². The van der Waals surface area contributed by atoms with Crippen LogP contribution >= 0.6 is 0 Å². The summed E-state index contributed by atoms with van der Waals surface area (Å²) in [5.41, 5.74) is 3.66. The van der Waals surface area contributed by atoms with E-state index in [9.17, 15) is 9.59 Å². The predicted molar refractivity (Wildman–Crippen MR) is 168 cm³/mol. The molecule has 2 aliphatic rings. The highest BCUT2D eigenvalue weighted by Crippen LogP contribution is 2.51. The van der Waals surface area contributed by atoms with Crippen LogP contribution in [0.4, 0.5) is 0 Å². The van der Waals surface area contributed by atoms with E-state index in [1.807, 2.05) is 37.3 Å². The topological polar surface area (TPSA) is 74.3 Å². The van der Waals surface area contributed by atoms with E-state index in [-0.39, 0.29) is 30.5 Å². The second-order valence-corrected chi connectivity index (χ2v) is 14.0. The molecule has 236 valence electrons. The summed E-state index contributed by atoms with van der Waals surface area (Å²) in [5.74, 6) is -0.168. The van der Waals surface area contributed by atoms with Gasteiger partial charge in [0.1, 0.15) is 17.9 Å². The minimum atomic E-state index is -0.824. The first-order valence-electron chi connectivity index (χ1n) is 15.7. The summed E-state index contributed by atoms with van der Waals surface area (Å²) < 4.78 is 24.4. The third-order valence-corrected chi connectivity index (χ3v) is 8.93. The van der Waals surface area contributed by atoms with Crippen molar-refractivity contribution in [1.82, 2.24) is 4.90 Å². The van der Waals surface area contributed by atoms with Crippen LogP contribution in [-0.2, 0) is 35.8 Å². The second kappa shape index (κ2) is 13.4. The SMILES string of the molecule is CCOC(=O)[C@@H]1[C@@H](C(C)(C)C)[C@H](OCc2cc(C(C)(C)C)ccc2OC)[C@H](c2ccccc2C)N1C(=O)[C@@H]1CCCCO1. The molecule has 0 spiro atoms. The van der Waals surface area contributed by atoms with Crippen LogP contribution in [0, 0.1) is 18.3 Å². The van der Waals surface area contributed by atoms with Gasteiger partial charge in [0.25, 0.3) is 5.91 Å². The molecular formula is C36H51NO6. The molecule has 2 heterocycles. The standard InChI is InChI=1S/C36H51NO6/c1-10-41-34(39)31-29(36(6,7)8)32(43-22-24-21-25(35(3,4)5)18-19-27(24)40-9)30(26-16-12-11-15-23(26)2)37(31)33(38)28-17-13-14-20-42-28/h11-12,15-16,18-19,21,28-32H,10,13-14,17,20,22H2,1-9H3/t28-,29+,30-,31-,32-/m0/s1. The number of benzene rings is 2. The Balaban J connectivity index is 1.87. The summed E-state index contributed by atoms with van der Waals surface area (Å²) in [6.07, 6.45) is 1.38. The second-order valence-electron chi connectivity index (χ2n) is 14.0. The number of amides is 1. The molecule has 2 fully saturated rings. The Morgan fingerprint density at radius 2 is 1.74 bits per heavy atom. The maximum Gasteiger partial charge on any atom is 0.329 e. The van der Waals surface area contributed by atoms with Crippen molar-refractivity contribution in [2.45, 2.75) is 111 Å². The zero-order valence-corrected chi connectivity index (χ0v) is 27.6. The number of hydrogen-bond donors (Lipinski definition) is 0. The van der Waals surface area contributed by atoms with Crippen LogP contribution in [0.25, 0.3) is 0 Å². The molecule has 0 unspecified atom stereocenters. The first-order chi connectivity index (χ1) is 20.3. The van der Waals surface area contributed by atoms with Crippen molar-refractivity contribution in [2.24, 2.45) is 11.3 Å². The van der Waals surface area contributed by atoms with Crippen LogP contribution < -0.4 is 4.74 Å². The molecule has 2 aromatic carbocycles. The summed E-state index contributed by atoms with van der Waals surface area (Å²) in [7, 11) is 1.67. The smallest absolute Gasteiger partial charge is 0.329 e. The molecule has 43 heavy (non-hydrogen) atoms. The number of esters is 1. The molecule has 7 nitrogen and oxygen atoms in total. The number of likely N-dealkylation sites (tertiary alicyclic amines) is 1. The lowest BCUT2D eigenvalue weighted by atomic mass is 9.73. The molecule has 0 radical (unpaired) electrons. The summed E-state index contributed by atoms with van der Waals surface area (Å²) in [6, 6.07) is 13.0. The molecule has 0 bridgehead atoms. The Morgan fingerprint density at radius 1 is 1.02 bits per heavy atom. The monoisotopic (exact) mass is 593 g/mol. The fourth-order valence-electron chi connectivity index (χ4n) is 6.69. The van der Waals surface area contributed by atoms with Gasteiger partial charge in [0.05, 0.1) is 32.5 Å². The number of rotatable bonds is 8. The first-order valence-corrected chi connectivity index (χ1v) is 15.7. The number of carbonyl (C=O) groups excluding carboxylic acids is 2. The number of nitrogens with zero attached hydrogens (tertiary/aromatic N) is 1. The van der Waals surface area contributed by atoms with Crippen molar-refractivity contribution >= 4 is 11.9 Å². The third-order valence-electron chi connectivity index (χ3n) is 8.93. The van der Waals surface area contributed by atoms with E-state index < -0.39 is 35.7 Å². The highest BCUT2D eigenvalue weighted by molar-refractivity contribution is 5.89. The van der Waals surface area contributed by atoms with E-state index in [0.29, 0.717) is 13.0 Å². The summed E-state index contributed by atoms with van der Waals surface area (Å²) in [4.78, 5) is 30.1. The van der Waals surface area contributed by atoms with E-state index in [2.05, 4.69) is 53.7 Å². The van der Waals surface area contributed by atoms with Crippen molar-refractivity contribution in [2.75, 3.05) is 20.3 Å². The van der Waals surface area contributed by atoms with Gasteiger partial charge in [-0.05, 0) is 72.8 Å². The normalized spacial score (nSPS) is 24.6. The number of ether oxygens (including phenoxy) is 4. The molecule has 2 aliphatic heterocycles. The highest BCUT2D eigenvalue weighted by Gasteiger charge is 2.60. The molecule has 0 N–H and O–H groups in total. The number of aryl methyl sites for hydroxylation is 1. The molecule has 0 aliphatic carbocycles. The zero-order chi connectivity index (χ0) is 31.5. The maximum absolute atomic E-state index is 14.5. The average molecular weight is 594 g/mol. The molecule has 7 heteroatoms. The van der Waals surface area contributed by atoms with E-state index in [0.717, 1.165) is 35.3 Å². The van der Waals surface area contributed by atoms with Crippen LogP contribution in [0.3, 0.4) is 0 Å². The van der Waals surface area contributed by atoms with Gasteiger partial charge in [0, 0.05) is 18.1 Å². The zero-order valence-electron chi connectivity index (χ0n) is 27.6. The van der Waals surface area contributed by atoms with Crippen LogP contribution in [0.15, 0.2) is 42.5 Å². The van der Waals surface area contributed by atoms with Crippen molar-refractivity contribution in [3.63, 3.8) is 0 Å². The van der Waals surface area contributed by atoms with Gasteiger partial charge in [0.15, 0.2) is 0 Å². The van der Waals surface area contributed by atoms with E-state index in [1.165, 1.54) is 5.56 Å². The van der Waals surface area contributed by atoms with E-state index in [1.54, 1.807) is 18.9 Å². The van der Waals surface area contributed by atoms with Crippen LogP contribution in [-0.4, -0.2) is 55.3 Å². The highest BCUT2D eigenvalue weighted by atomic mass is 16.5. The number of carbonyl (C=O) groups is 2. The Bertz CT molecular complexity index is 1270. The lowest BCUT2D eigenvalue weighted by Crippen LogP contribution is -2.51. The van der Waals surface area contributed by atoms with Gasteiger partial charge in [-0.2, -0.15) is 0 Å². The van der Waals surface area contributed by atoms with Crippen LogP contribution in [0.1, 0.15) is 96.0 Å². The van der Waals surface area contributed by atoms with Crippen LogP contribution in [0.5, 0.6) is 5.75 Å². The van der Waals surface area contributed by atoms with Crippen molar-refractivity contribution in [3.05, 3.63) is 64.7 Å². The Hall–Kier alpha value is -2.90. The van der Waals surface area contributed by atoms with Gasteiger partial charge in [-0.1, -0.05) is 71.9 Å². The maximum atomic E-state index is 14.5. The van der Waals surface area contributed by atoms with Gasteiger partial charge < -0.3 is 23.8 Å². The minimum Gasteiger partial charge on any atom is -0.496 e. The van der Waals surface area contributed by atoms with Gasteiger partial charge >= 0.3 is 5.97 Å². The molecule has 4 rings (SSSR count). The quantitative estimate of drug-likeness (QED) is 0.309. The lowest BCUT2D eigenvalue weighted by Gasteiger charge is -2.36. The summed E-state index contributed by atoms with van der Waals surface area (Å²) in [5, 5.41) is 0. The minimum absolute atomic E-state index is 0.0514. The average Bonchev–Trinajstić information content (AvgIpc) is 3.31. The summed E-state index contributed by atoms with van der Waals surface area (Å²) >= 11 is 0. The van der Waals surface area contributed by atoms with Crippen molar-refractivity contribution in [3.8, 4) is 5.75 Å². The van der Waals surface area contributed by atoms with E-state index in [4.69, 9.17) is 18.9 Å². The molecule has 2 aromatic rings. The molecule has 2 saturated heterocycles. The van der Waals surface area contributed by atoms with Gasteiger partial charge in [0.2, 0.25) is 0 Å². The Morgan fingerprint density at radius 3 is 2.33 bits per heavy atom. The van der Waals surface area contributed by atoms with Crippen molar-refractivity contribution < 1.29 is 28.5 Å². The van der Waals surface area contributed by atoms with Gasteiger partial charge in [-0.25, -0.2) is 4.79 Å². The predicted octanol–water partition coefficient (Wildman–Crippen LogP) is 6.93. The molecule has 5 atom stereocenters. The third kappa shape index (κ3) is 7.09. The lowest BCUT2D eigenvalue weighted by molar-refractivity contribution is -0.162. The fraction of sp³-hybridized carbons (Fsp3) is 0.611. The molecule has 0 aromatic heterocycles. The number of hydrogen-bond acceptors (Lipinski definition) is 6. The summed E-state index contributed by atoms with van der Waals surface area (Å²) in [6.45, 7) is 17.8. The first kappa shape index (κ1) is 33.0. The van der Waals surface area contributed by atoms with E-state index >= 15 is 0 Å². The largest absolute Gasteiger partial charge is 0.496 e. The Labute approximate surface area is 258 Å². The van der Waals surface area contributed by atoms with Crippen molar-refractivity contribution in [1.29, 1.82) is 0 Å². The molecule has 1 amide bonds. The molecular weight excluding hydrogens is 542 g/mol. The Kier molecular flexibility index (Phi) is 10.3.